The van der Waals surface area contributed by atoms with Gasteiger partial charge in [-0.15, -0.1) is 0 Å². The molecule has 0 heterocycles. The van der Waals surface area contributed by atoms with Crippen LogP contribution in [0.2, 0.25) is 0 Å². The van der Waals surface area contributed by atoms with Crippen molar-refractivity contribution in [2.24, 2.45) is 0 Å². The first-order valence-corrected chi connectivity index (χ1v) is 7.92. The van der Waals surface area contributed by atoms with Crippen molar-refractivity contribution in [3.8, 4) is 0 Å². The van der Waals surface area contributed by atoms with Crippen molar-refractivity contribution in [1.82, 2.24) is 5.32 Å². The minimum atomic E-state index is 0.761. The third-order valence-electron chi connectivity index (χ3n) is 4.15. The summed E-state index contributed by atoms with van der Waals surface area (Å²) in [5, 5.41) is 3.53. The van der Waals surface area contributed by atoms with Gasteiger partial charge in [0.2, 0.25) is 0 Å². The summed E-state index contributed by atoms with van der Waals surface area (Å²) in [6, 6.07) is 9.67. The van der Waals surface area contributed by atoms with Gasteiger partial charge < -0.3 is 10.2 Å². The van der Waals surface area contributed by atoms with Gasteiger partial charge in [0, 0.05) is 24.8 Å². The molecule has 0 spiro atoms. The van der Waals surface area contributed by atoms with Gasteiger partial charge in [-0.3, -0.25) is 0 Å². The highest BCUT2D eigenvalue weighted by atomic mass is 15.2. The number of nitrogens with one attached hydrogen (secondary N) is 1. The summed E-state index contributed by atoms with van der Waals surface area (Å²) in [6.07, 6.45) is 6.73. The average molecular weight is 260 g/mol. The smallest absolute Gasteiger partial charge is 0.0414 e. The second-order valence-corrected chi connectivity index (χ2v) is 5.53. The minimum Gasteiger partial charge on any atom is -0.369 e. The number of hydrogen-bond acceptors (Lipinski definition) is 2. The zero-order chi connectivity index (χ0) is 13.5. The number of rotatable bonds is 7. The van der Waals surface area contributed by atoms with Crippen LogP contribution in [0.15, 0.2) is 24.3 Å². The Morgan fingerprint density at radius 2 is 1.89 bits per heavy atom. The lowest BCUT2D eigenvalue weighted by Gasteiger charge is -2.32. The Morgan fingerprint density at radius 3 is 2.58 bits per heavy atom. The van der Waals surface area contributed by atoms with Crippen LogP contribution >= 0.6 is 0 Å². The first kappa shape index (κ1) is 14.4. The Kier molecular flexibility index (Phi) is 5.71. The van der Waals surface area contributed by atoms with E-state index in [1.807, 2.05) is 0 Å². The van der Waals surface area contributed by atoms with E-state index in [-0.39, 0.29) is 0 Å². The van der Waals surface area contributed by atoms with Crippen molar-refractivity contribution in [3.63, 3.8) is 0 Å². The Labute approximate surface area is 118 Å². The maximum atomic E-state index is 3.53. The van der Waals surface area contributed by atoms with Crippen LogP contribution in [0.3, 0.4) is 0 Å². The van der Waals surface area contributed by atoms with Crippen LogP contribution < -0.4 is 10.2 Å². The predicted molar refractivity (Wildman–Crippen MR) is 83.7 cm³/mol. The highest BCUT2D eigenvalue weighted by molar-refractivity contribution is 5.54. The van der Waals surface area contributed by atoms with Crippen molar-refractivity contribution in [3.05, 3.63) is 29.8 Å². The number of nitrogens with zero attached hydrogens (tertiary/aromatic N) is 1. The number of hydrogen-bond donors (Lipinski definition) is 1. The molecule has 0 aliphatic heterocycles. The molecule has 0 saturated heterocycles. The van der Waals surface area contributed by atoms with E-state index < -0.39 is 0 Å². The van der Waals surface area contributed by atoms with Crippen molar-refractivity contribution < 1.29 is 0 Å². The first-order valence-electron chi connectivity index (χ1n) is 7.92. The first-order chi connectivity index (χ1) is 9.36. The van der Waals surface area contributed by atoms with Gasteiger partial charge in [-0.2, -0.15) is 0 Å². The van der Waals surface area contributed by atoms with Crippen LogP contribution in [0, 0.1) is 0 Å². The molecule has 0 atom stereocenters. The zero-order valence-electron chi connectivity index (χ0n) is 12.5. The predicted octanol–water partition coefficient (Wildman–Crippen LogP) is 3.96. The maximum absolute atomic E-state index is 3.53. The number of benzene rings is 1. The lowest BCUT2D eigenvalue weighted by Crippen LogP contribution is -2.34. The number of para-hydroxylation sites is 1. The molecule has 1 fully saturated rings. The van der Waals surface area contributed by atoms with Gasteiger partial charge in [0.25, 0.3) is 0 Å². The lowest BCUT2D eigenvalue weighted by atomic mass is 10.1. The molecular formula is C17H28N2. The van der Waals surface area contributed by atoms with E-state index in [0.29, 0.717) is 0 Å². The van der Waals surface area contributed by atoms with E-state index in [4.69, 9.17) is 0 Å². The molecule has 0 bridgehead atoms. The van der Waals surface area contributed by atoms with E-state index in [2.05, 4.69) is 48.3 Å². The summed E-state index contributed by atoms with van der Waals surface area (Å²) >= 11 is 0. The molecule has 1 aliphatic carbocycles. The second kappa shape index (κ2) is 7.54. The van der Waals surface area contributed by atoms with Crippen molar-refractivity contribution in [1.29, 1.82) is 0 Å². The van der Waals surface area contributed by atoms with Crippen LogP contribution in [-0.2, 0) is 6.54 Å². The molecule has 0 amide bonds. The number of anilines is 1. The molecule has 2 heteroatoms. The Hall–Kier alpha value is -1.02. The molecule has 1 N–H and O–H groups in total. The largest absolute Gasteiger partial charge is 0.369 e. The topological polar surface area (TPSA) is 15.3 Å². The van der Waals surface area contributed by atoms with E-state index in [1.165, 1.54) is 43.4 Å². The van der Waals surface area contributed by atoms with E-state index in [9.17, 15) is 0 Å². The fraction of sp³-hybridized carbons (Fsp3) is 0.647. The van der Waals surface area contributed by atoms with Gasteiger partial charge >= 0.3 is 0 Å². The van der Waals surface area contributed by atoms with Gasteiger partial charge in [-0.25, -0.2) is 0 Å². The van der Waals surface area contributed by atoms with Crippen LogP contribution in [0.1, 0.15) is 51.5 Å². The minimum absolute atomic E-state index is 0.761. The monoisotopic (exact) mass is 260 g/mol. The van der Waals surface area contributed by atoms with E-state index in [0.717, 1.165) is 25.7 Å². The zero-order valence-corrected chi connectivity index (χ0v) is 12.5. The van der Waals surface area contributed by atoms with Crippen LogP contribution in [-0.4, -0.2) is 19.1 Å². The fourth-order valence-corrected chi connectivity index (χ4v) is 3.18. The highest BCUT2D eigenvalue weighted by Gasteiger charge is 2.22. The van der Waals surface area contributed by atoms with Gasteiger partial charge in [-0.05, 0) is 44.4 Å². The third-order valence-corrected chi connectivity index (χ3v) is 4.15. The normalized spacial score (nSPS) is 15.9. The molecule has 0 aromatic heterocycles. The Balaban J connectivity index is 2.11. The third kappa shape index (κ3) is 3.73. The van der Waals surface area contributed by atoms with Crippen molar-refractivity contribution in [2.75, 3.05) is 18.0 Å². The Bertz CT molecular complexity index is 369. The molecule has 2 nitrogen and oxygen atoms in total. The van der Waals surface area contributed by atoms with E-state index >= 15 is 0 Å². The summed E-state index contributed by atoms with van der Waals surface area (Å²) in [5.74, 6) is 0. The molecule has 0 unspecified atom stereocenters. The SMILES string of the molecule is CCCNCc1ccccc1N(CC)C1CCCC1. The van der Waals surface area contributed by atoms with Gasteiger partial charge in [0.15, 0.2) is 0 Å². The molecule has 106 valence electrons. The van der Waals surface area contributed by atoms with Crippen LogP contribution in [0.25, 0.3) is 0 Å². The summed E-state index contributed by atoms with van der Waals surface area (Å²) in [7, 11) is 0. The molecular weight excluding hydrogens is 232 g/mol. The Morgan fingerprint density at radius 1 is 1.16 bits per heavy atom. The quantitative estimate of drug-likeness (QED) is 0.747. The molecule has 1 aliphatic rings. The summed E-state index contributed by atoms with van der Waals surface area (Å²) in [6.45, 7) is 7.72. The van der Waals surface area contributed by atoms with Gasteiger partial charge in [0.05, 0.1) is 0 Å². The summed E-state index contributed by atoms with van der Waals surface area (Å²) < 4.78 is 0. The summed E-state index contributed by atoms with van der Waals surface area (Å²) in [4.78, 5) is 2.62. The summed E-state index contributed by atoms with van der Waals surface area (Å²) in [5.41, 5.74) is 2.89. The van der Waals surface area contributed by atoms with E-state index in [1.54, 1.807) is 0 Å². The fourth-order valence-electron chi connectivity index (χ4n) is 3.18. The van der Waals surface area contributed by atoms with Crippen molar-refractivity contribution in [2.45, 2.75) is 58.5 Å². The van der Waals surface area contributed by atoms with Crippen molar-refractivity contribution >= 4 is 5.69 Å². The maximum Gasteiger partial charge on any atom is 0.0414 e. The average Bonchev–Trinajstić information content (AvgIpc) is 2.96. The van der Waals surface area contributed by atoms with Gasteiger partial charge in [-0.1, -0.05) is 38.0 Å². The molecule has 0 radical (unpaired) electrons. The van der Waals surface area contributed by atoms with Crippen LogP contribution in [0.4, 0.5) is 5.69 Å². The molecule has 1 aromatic rings. The highest BCUT2D eigenvalue weighted by Crippen LogP contribution is 2.30. The molecule has 1 aromatic carbocycles. The molecule has 19 heavy (non-hydrogen) atoms. The molecule has 1 saturated carbocycles. The lowest BCUT2D eigenvalue weighted by molar-refractivity contribution is 0.612. The van der Waals surface area contributed by atoms with Gasteiger partial charge in [0.1, 0.15) is 0 Å². The standard InChI is InChI=1S/C17H28N2/c1-3-13-18-14-15-9-5-8-12-17(15)19(4-2)16-10-6-7-11-16/h5,8-9,12,16,18H,3-4,6-7,10-11,13-14H2,1-2H3. The second-order valence-electron chi connectivity index (χ2n) is 5.53. The molecule has 2 rings (SSSR count). The van der Waals surface area contributed by atoms with Crippen LogP contribution in [0.5, 0.6) is 0 Å².